The van der Waals surface area contributed by atoms with Crippen LogP contribution in [0, 0.1) is 11.2 Å². The number of halogens is 3. The van der Waals surface area contributed by atoms with Crippen molar-refractivity contribution in [3.8, 4) is 0 Å². The molecular weight excluding hydrogens is 298 g/mol. The minimum Gasteiger partial charge on any atom is -0.392 e. The lowest BCUT2D eigenvalue weighted by atomic mass is 10.1. The summed E-state index contributed by atoms with van der Waals surface area (Å²) >= 11 is 16.1. The molecule has 0 aromatic heterocycles. The molecule has 1 aliphatic rings. The average molecular weight is 307 g/mol. The van der Waals surface area contributed by atoms with Crippen LogP contribution in [-0.4, -0.2) is 10.9 Å². The highest BCUT2D eigenvalue weighted by molar-refractivity contribution is 7.80. The lowest BCUT2D eigenvalue weighted by Crippen LogP contribution is -2.35. The van der Waals surface area contributed by atoms with Crippen LogP contribution in [0.1, 0.15) is 12.8 Å². The molecule has 0 bridgehead atoms. The van der Waals surface area contributed by atoms with Gasteiger partial charge in [-0.25, -0.2) is 4.39 Å². The first kappa shape index (κ1) is 13.5. The predicted molar refractivity (Wildman–Crippen MR) is 73.5 cm³/mol. The number of hydrogen-bond acceptors (Lipinski definition) is 2. The van der Waals surface area contributed by atoms with Gasteiger partial charge in [-0.15, -0.1) is 0 Å². The number of anilines is 1. The molecular formula is C11H9Cl2FN2OS. The van der Waals surface area contributed by atoms with E-state index in [9.17, 15) is 9.18 Å². The fourth-order valence-corrected chi connectivity index (χ4v) is 2.37. The molecule has 1 fully saturated rings. The van der Waals surface area contributed by atoms with Gasteiger partial charge < -0.3 is 11.1 Å². The van der Waals surface area contributed by atoms with Crippen LogP contribution in [0.2, 0.25) is 10.0 Å². The van der Waals surface area contributed by atoms with Crippen molar-refractivity contribution in [2.24, 2.45) is 11.1 Å². The van der Waals surface area contributed by atoms with Crippen LogP contribution in [0.4, 0.5) is 10.1 Å². The van der Waals surface area contributed by atoms with E-state index < -0.39 is 11.2 Å². The second-order valence-corrected chi connectivity index (χ2v) is 5.41. The largest absolute Gasteiger partial charge is 0.392 e. The number of amides is 1. The number of benzene rings is 1. The molecule has 0 saturated heterocycles. The summed E-state index contributed by atoms with van der Waals surface area (Å²) in [6.45, 7) is 0. The van der Waals surface area contributed by atoms with E-state index >= 15 is 0 Å². The van der Waals surface area contributed by atoms with Gasteiger partial charge in [-0.05, 0) is 25.0 Å². The first-order chi connectivity index (χ1) is 8.36. The molecule has 1 saturated carbocycles. The lowest BCUT2D eigenvalue weighted by molar-refractivity contribution is -0.118. The summed E-state index contributed by atoms with van der Waals surface area (Å²) in [7, 11) is 0. The predicted octanol–water partition coefficient (Wildman–Crippen LogP) is 3.14. The summed E-state index contributed by atoms with van der Waals surface area (Å²) in [6, 6.07) is 2.58. The highest BCUT2D eigenvalue weighted by atomic mass is 35.5. The number of carbonyl (C=O) groups is 1. The molecule has 3 nitrogen and oxygen atoms in total. The van der Waals surface area contributed by atoms with E-state index in [0.29, 0.717) is 18.5 Å². The van der Waals surface area contributed by atoms with Crippen LogP contribution in [0.25, 0.3) is 0 Å². The Bertz CT molecular complexity index is 523. The van der Waals surface area contributed by atoms with Crippen molar-refractivity contribution in [3.63, 3.8) is 0 Å². The monoisotopic (exact) mass is 306 g/mol. The van der Waals surface area contributed by atoms with Gasteiger partial charge in [0.2, 0.25) is 5.91 Å². The highest BCUT2D eigenvalue weighted by Gasteiger charge is 2.52. The fourth-order valence-electron chi connectivity index (χ4n) is 1.59. The number of carbonyl (C=O) groups excluding carboxylic acids is 1. The van der Waals surface area contributed by atoms with Crippen LogP contribution >= 0.6 is 35.4 Å². The summed E-state index contributed by atoms with van der Waals surface area (Å²) in [4.78, 5) is 12.2. The normalized spacial score (nSPS) is 16.2. The average Bonchev–Trinajstić information content (AvgIpc) is 3.06. The smallest absolute Gasteiger partial charge is 0.237 e. The second-order valence-electron chi connectivity index (χ2n) is 4.15. The molecule has 1 aromatic carbocycles. The van der Waals surface area contributed by atoms with Gasteiger partial charge in [-0.1, -0.05) is 35.4 Å². The van der Waals surface area contributed by atoms with Gasteiger partial charge >= 0.3 is 0 Å². The van der Waals surface area contributed by atoms with E-state index in [-0.39, 0.29) is 20.9 Å². The summed E-state index contributed by atoms with van der Waals surface area (Å²) in [5, 5.41) is 2.28. The first-order valence-electron chi connectivity index (χ1n) is 5.13. The molecule has 7 heteroatoms. The van der Waals surface area contributed by atoms with Gasteiger partial charge in [-0.2, -0.15) is 0 Å². The third-order valence-corrected chi connectivity index (χ3v) is 3.84. The molecule has 0 aliphatic heterocycles. The Hall–Kier alpha value is -0.910. The molecule has 0 spiro atoms. The van der Waals surface area contributed by atoms with Crippen LogP contribution in [0.3, 0.4) is 0 Å². The van der Waals surface area contributed by atoms with E-state index in [1.54, 1.807) is 0 Å². The molecule has 96 valence electrons. The number of nitrogens with one attached hydrogen (secondary N) is 1. The van der Waals surface area contributed by atoms with Gasteiger partial charge in [0, 0.05) is 5.69 Å². The Morgan fingerprint density at radius 3 is 2.28 bits per heavy atom. The van der Waals surface area contributed by atoms with E-state index in [0.717, 1.165) is 0 Å². The van der Waals surface area contributed by atoms with Crippen LogP contribution in [0.5, 0.6) is 0 Å². The summed E-state index contributed by atoms with van der Waals surface area (Å²) < 4.78 is 13.2. The fraction of sp³-hybridized carbons (Fsp3) is 0.273. The number of nitrogens with two attached hydrogens (primary N) is 1. The van der Waals surface area contributed by atoms with Gasteiger partial charge in [-0.3, -0.25) is 4.79 Å². The van der Waals surface area contributed by atoms with Crippen LogP contribution in [0.15, 0.2) is 12.1 Å². The van der Waals surface area contributed by atoms with Crippen molar-refractivity contribution in [1.29, 1.82) is 0 Å². The maximum absolute atomic E-state index is 13.2. The third kappa shape index (κ3) is 2.30. The maximum atomic E-state index is 13.2. The molecule has 3 N–H and O–H groups in total. The Morgan fingerprint density at radius 2 is 1.89 bits per heavy atom. The molecule has 0 unspecified atom stereocenters. The Kier molecular flexibility index (Phi) is 3.49. The van der Waals surface area contributed by atoms with Crippen LogP contribution in [-0.2, 0) is 4.79 Å². The van der Waals surface area contributed by atoms with Crippen molar-refractivity contribution < 1.29 is 9.18 Å². The Morgan fingerprint density at radius 1 is 1.39 bits per heavy atom. The zero-order chi connectivity index (χ0) is 13.5. The van der Waals surface area contributed by atoms with Crippen molar-refractivity contribution >= 4 is 52.0 Å². The summed E-state index contributed by atoms with van der Waals surface area (Å²) in [5.41, 5.74) is 5.07. The van der Waals surface area contributed by atoms with Gasteiger partial charge in [0.15, 0.2) is 5.82 Å². The van der Waals surface area contributed by atoms with Crippen LogP contribution < -0.4 is 11.1 Å². The quantitative estimate of drug-likeness (QED) is 0.666. The molecule has 18 heavy (non-hydrogen) atoms. The minimum absolute atomic E-state index is 0.155. The minimum atomic E-state index is -0.775. The molecule has 1 aromatic rings. The molecule has 0 heterocycles. The Labute approximate surface area is 118 Å². The molecule has 0 atom stereocenters. The third-order valence-electron chi connectivity index (χ3n) is 2.90. The lowest BCUT2D eigenvalue weighted by Gasteiger charge is -2.14. The molecule has 0 radical (unpaired) electrons. The summed E-state index contributed by atoms with van der Waals surface area (Å²) in [6.07, 6.45) is 1.24. The zero-order valence-electron chi connectivity index (χ0n) is 9.10. The standard InChI is InChI=1S/C11H9Cl2FN2OS/c12-6-3-5(4-7(13)8(6)14)16-10(17)11(1-2-11)9(15)18/h3-4H,1-2H2,(H2,15,18)(H,16,17). The highest BCUT2D eigenvalue weighted by Crippen LogP contribution is 2.47. The van der Waals surface area contributed by atoms with Crippen molar-refractivity contribution in [3.05, 3.63) is 28.0 Å². The van der Waals surface area contributed by atoms with Gasteiger partial charge in [0.25, 0.3) is 0 Å². The van der Waals surface area contributed by atoms with Gasteiger partial charge in [0.05, 0.1) is 20.4 Å². The van der Waals surface area contributed by atoms with Crippen molar-refractivity contribution in [2.45, 2.75) is 12.8 Å². The number of thiocarbonyl (C=S) groups is 1. The van der Waals surface area contributed by atoms with E-state index in [4.69, 9.17) is 41.2 Å². The maximum Gasteiger partial charge on any atom is 0.237 e. The van der Waals surface area contributed by atoms with E-state index in [2.05, 4.69) is 5.32 Å². The molecule has 2 rings (SSSR count). The van der Waals surface area contributed by atoms with Crippen molar-refractivity contribution in [1.82, 2.24) is 0 Å². The summed E-state index contributed by atoms with van der Waals surface area (Å²) in [5.74, 6) is -1.03. The van der Waals surface area contributed by atoms with E-state index in [1.165, 1.54) is 12.1 Å². The molecule has 1 aliphatic carbocycles. The first-order valence-corrected chi connectivity index (χ1v) is 6.29. The molecule has 1 amide bonds. The van der Waals surface area contributed by atoms with E-state index in [1.807, 2.05) is 0 Å². The SMILES string of the molecule is NC(=S)C1(C(=O)Nc2cc(Cl)c(F)c(Cl)c2)CC1. The van der Waals surface area contributed by atoms with Gasteiger partial charge in [0.1, 0.15) is 0 Å². The zero-order valence-corrected chi connectivity index (χ0v) is 11.4. The number of rotatable bonds is 3. The van der Waals surface area contributed by atoms with Crippen molar-refractivity contribution in [2.75, 3.05) is 5.32 Å². The number of hydrogen-bond donors (Lipinski definition) is 2. The topological polar surface area (TPSA) is 55.1 Å². The second kappa shape index (κ2) is 4.64. The Balaban J connectivity index is 2.20.